The van der Waals surface area contributed by atoms with Crippen molar-refractivity contribution in [1.29, 1.82) is 0 Å². The number of ether oxygens (including phenoxy) is 4. The van der Waals surface area contributed by atoms with E-state index < -0.39 is 59.6 Å². The number of aliphatic hydroxyl groups excluding tert-OH is 1. The molecule has 1 radical (unpaired) electrons. The zero-order chi connectivity index (χ0) is 35.9. The summed E-state index contributed by atoms with van der Waals surface area (Å²) in [5.74, 6) is -2.04. The Labute approximate surface area is 282 Å². The quantitative estimate of drug-likeness (QED) is 0.0335. The molecule has 3 atom stereocenters. The van der Waals surface area contributed by atoms with Crippen molar-refractivity contribution in [3.05, 3.63) is 0 Å². The van der Waals surface area contributed by atoms with Gasteiger partial charge in [0.1, 0.15) is 12.1 Å². The second-order valence-corrected chi connectivity index (χ2v) is 12.9. The molecule has 16 nitrogen and oxygen atoms in total. The summed E-state index contributed by atoms with van der Waals surface area (Å²) in [7, 11) is 1.30. The molecular weight excluding hydrogens is 637 g/mol. The van der Waals surface area contributed by atoms with E-state index in [-0.39, 0.29) is 44.4 Å². The largest absolute Gasteiger partial charge is 0.474 e. The maximum Gasteiger partial charge on any atom is 0.293 e. The number of nitrogens with two attached hydrogens (primary N) is 2. The Hall–Kier alpha value is -2.93. The van der Waals surface area contributed by atoms with E-state index in [2.05, 4.69) is 16.0 Å². The van der Waals surface area contributed by atoms with E-state index in [0.29, 0.717) is 44.5 Å². The Morgan fingerprint density at radius 1 is 0.957 bits per heavy atom. The Morgan fingerprint density at radius 3 is 2.23 bits per heavy atom. The number of carbonyl (C=O) groups is 6. The summed E-state index contributed by atoms with van der Waals surface area (Å²) in [4.78, 5) is 69.6. The molecule has 18 heteroatoms. The van der Waals surface area contributed by atoms with Gasteiger partial charge in [-0.05, 0) is 53.4 Å². The first-order valence-corrected chi connectivity index (χ1v) is 16.6. The first kappa shape index (κ1) is 44.1. The lowest BCUT2D eigenvalue weighted by molar-refractivity contribution is -0.133. The second kappa shape index (κ2) is 24.3. The van der Waals surface area contributed by atoms with E-state index in [1.165, 1.54) is 19.0 Å². The standard InChI is InChI=1S/C29H53BN5O11S/c1-28(2,9-8-24(39)34-15-23(32)38)45-13-10-29(3,4)46-14-11-33-26(41)22(16-36)35-25(40)21(31)18-47-17-20(44-19-37)7-6-12-43-27(42)30-5/h19-22,36H,6-18,31H2,1-5H3,(H2,32,38)(H,33,41)(H,34,39)(H,35,40)/t20-,21+,22+/m1/s1. The monoisotopic (exact) mass is 690 g/mol. The SMILES string of the molecule is C[B]C(=O)OCCC[C@H](CSC[C@H](N)C(=O)N[C@@H](CO)C(=O)NCCOC(C)(C)CCOC(C)(C)CCC(=O)NCC(N)=O)OC=O. The Morgan fingerprint density at radius 2 is 1.62 bits per heavy atom. The third-order valence-corrected chi connectivity index (χ3v) is 7.86. The van der Waals surface area contributed by atoms with Crippen molar-refractivity contribution in [3.63, 3.8) is 0 Å². The molecular formula is C29H53BN5O11S. The fourth-order valence-electron chi connectivity index (χ4n) is 3.74. The predicted molar refractivity (Wildman–Crippen MR) is 177 cm³/mol. The minimum Gasteiger partial charge on any atom is -0.474 e. The minimum absolute atomic E-state index is 0.122. The van der Waals surface area contributed by atoms with Crippen LogP contribution in [0.3, 0.4) is 0 Å². The van der Waals surface area contributed by atoms with Gasteiger partial charge in [0.15, 0.2) is 0 Å². The predicted octanol–water partition coefficient (Wildman–Crippen LogP) is -0.787. The van der Waals surface area contributed by atoms with Crippen LogP contribution in [0.2, 0.25) is 6.82 Å². The molecule has 0 unspecified atom stereocenters. The average molecular weight is 691 g/mol. The van der Waals surface area contributed by atoms with E-state index >= 15 is 0 Å². The molecule has 0 spiro atoms. The summed E-state index contributed by atoms with van der Waals surface area (Å²) >= 11 is 1.28. The molecule has 269 valence electrons. The van der Waals surface area contributed by atoms with Gasteiger partial charge in [-0.3, -0.25) is 28.8 Å². The van der Waals surface area contributed by atoms with E-state index in [1.807, 2.05) is 27.7 Å². The third-order valence-electron chi connectivity index (χ3n) is 6.66. The van der Waals surface area contributed by atoms with Gasteiger partial charge in [-0.25, -0.2) is 0 Å². The Bertz CT molecular complexity index is 990. The summed E-state index contributed by atoms with van der Waals surface area (Å²) < 4.78 is 21.8. The highest BCUT2D eigenvalue weighted by molar-refractivity contribution is 7.99. The highest BCUT2D eigenvalue weighted by Crippen LogP contribution is 2.20. The van der Waals surface area contributed by atoms with Crippen LogP contribution in [0, 0.1) is 0 Å². The molecule has 0 bridgehead atoms. The lowest BCUT2D eigenvalue weighted by atomic mass is 9.83. The van der Waals surface area contributed by atoms with Crippen molar-refractivity contribution in [2.24, 2.45) is 11.5 Å². The lowest BCUT2D eigenvalue weighted by Crippen LogP contribution is -2.54. The fraction of sp³-hybridized carbons (Fsp3) is 0.793. The molecule has 0 aromatic heterocycles. The number of rotatable bonds is 28. The van der Waals surface area contributed by atoms with Crippen LogP contribution in [0.15, 0.2) is 0 Å². The van der Waals surface area contributed by atoms with Crippen molar-refractivity contribution < 1.29 is 52.8 Å². The summed E-state index contributed by atoms with van der Waals surface area (Å²) in [5.41, 5.74) is 9.80. The van der Waals surface area contributed by atoms with Gasteiger partial charge in [0.25, 0.3) is 13.8 Å². The number of aliphatic hydroxyl groups is 1. The normalized spacial score (nSPS) is 13.4. The maximum atomic E-state index is 12.5. The van der Waals surface area contributed by atoms with Crippen molar-refractivity contribution in [2.75, 3.05) is 51.0 Å². The lowest BCUT2D eigenvalue weighted by Gasteiger charge is -2.30. The highest BCUT2D eigenvalue weighted by atomic mass is 32.2. The third kappa shape index (κ3) is 23.1. The Kier molecular flexibility index (Phi) is 22.7. The first-order chi connectivity index (χ1) is 22.1. The van der Waals surface area contributed by atoms with Gasteiger partial charge in [-0.1, -0.05) is 6.82 Å². The van der Waals surface area contributed by atoms with Crippen molar-refractivity contribution >= 4 is 55.0 Å². The van der Waals surface area contributed by atoms with Crippen LogP contribution in [-0.4, -0.2) is 129 Å². The van der Waals surface area contributed by atoms with Gasteiger partial charge in [0.05, 0.1) is 50.2 Å². The molecule has 0 aliphatic carbocycles. The van der Waals surface area contributed by atoms with Gasteiger partial charge in [0.2, 0.25) is 29.5 Å². The van der Waals surface area contributed by atoms with Crippen LogP contribution >= 0.6 is 11.8 Å². The summed E-state index contributed by atoms with van der Waals surface area (Å²) in [6.07, 6.45) is 1.62. The van der Waals surface area contributed by atoms with Gasteiger partial charge >= 0.3 is 0 Å². The molecule has 47 heavy (non-hydrogen) atoms. The smallest absolute Gasteiger partial charge is 0.293 e. The second-order valence-electron chi connectivity index (χ2n) is 11.8. The van der Waals surface area contributed by atoms with Crippen LogP contribution in [-0.2, 0) is 42.9 Å². The van der Waals surface area contributed by atoms with Crippen molar-refractivity contribution in [1.82, 2.24) is 16.0 Å². The molecule has 4 amide bonds. The number of nitrogens with one attached hydrogen (secondary N) is 3. The number of primary amides is 1. The molecule has 0 heterocycles. The topological polar surface area (TPSA) is 248 Å². The van der Waals surface area contributed by atoms with E-state index in [9.17, 15) is 33.9 Å². The molecule has 0 saturated heterocycles. The molecule has 0 aliphatic heterocycles. The zero-order valence-corrected chi connectivity index (χ0v) is 29.0. The summed E-state index contributed by atoms with van der Waals surface area (Å²) in [6.45, 7) is 9.33. The number of hydrogen-bond acceptors (Lipinski definition) is 13. The molecule has 0 fully saturated rings. The van der Waals surface area contributed by atoms with Gasteiger partial charge in [-0.15, -0.1) is 0 Å². The molecule has 8 N–H and O–H groups in total. The molecule has 0 aromatic carbocycles. The summed E-state index contributed by atoms with van der Waals surface area (Å²) in [6, 6.07) is -2.20. The van der Waals surface area contributed by atoms with Crippen LogP contribution in [0.25, 0.3) is 0 Å². The average Bonchev–Trinajstić information content (AvgIpc) is 3.01. The fourth-order valence-corrected chi connectivity index (χ4v) is 4.79. The Balaban J connectivity index is 4.41. The molecule has 0 aromatic rings. The van der Waals surface area contributed by atoms with E-state index in [4.69, 9.17) is 30.4 Å². The van der Waals surface area contributed by atoms with Crippen LogP contribution in [0.5, 0.6) is 0 Å². The van der Waals surface area contributed by atoms with Crippen LogP contribution in [0.4, 0.5) is 4.79 Å². The van der Waals surface area contributed by atoms with Gasteiger partial charge < -0.3 is 51.5 Å². The number of hydrogen-bond donors (Lipinski definition) is 6. The van der Waals surface area contributed by atoms with Crippen LogP contribution < -0.4 is 27.4 Å². The van der Waals surface area contributed by atoms with Gasteiger partial charge in [-0.2, -0.15) is 11.8 Å². The van der Waals surface area contributed by atoms with Gasteiger partial charge in [0, 0.05) is 24.5 Å². The van der Waals surface area contributed by atoms with Crippen molar-refractivity contribution in [3.8, 4) is 0 Å². The summed E-state index contributed by atoms with van der Waals surface area (Å²) in [5, 5.41) is 17.2. The van der Waals surface area contributed by atoms with E-state index in [1.54, 1.807) is 6.82 Å². The molecule has 0 rings (SSSR count). The molecule has 0 aliphatic rings. The van der Waals surface area contributed by atoms with Crippen LogP contribution in [0.1, 0.15) is 59.8 Å². The number of carbonyl (C=O) groups excluding carboxylic acids is 6. The number of thioether (sulfide) groups is 1. The molecule has 0 saturated carbocycles. The van der Waals surface area contributed by atoms with E-state index in [0.717, 1.165) is 0 Å². The first-order valence-electron chi connectivity index (χ1n) is 15.5. The highest BCUT2D eigenvalue weighted by Gasteiger charge is 2.25. The maximum absolute atomic E-state index is 12.5. The zero-order valence-electron chi connectivity index (χ0n) is 28.2. The number of amides is 4. The van der Waals surface area contributed by atoms with Crippen molar-refractivity contribution in [2.45, 2.75) is 96.0 Å². The minimum atomic E-state index is -1.21.